The standard InChI is InChI=1S/C21H21F3N2O3S2/c1-12(25-10-17(30)26-8-6-14(7-9-26)20(28)29)16-11-31-19(18(16)27)13-2-4-15(5-3-13)21(22,23)24/h2-5,11,14,27H,6-10H2,1H3,(H,28,29). The molecular formula is C21H21F3N2O3S2. The molecule has 166 valence electrons. The molecule has 0 aliphatic carbocycles. The van der Waals surface area contributed by atoms with Crippen LogP contribution in [0.25, 0.3) is 10.4 Å². The van der Waals surface area contributed by atoms with Crippen LogP contribution >= 0.6 is 23.6 Å². The molecule has 0 atom stereocenters. The van der Waals surface area contributed by atoms with Crippen molar-refractivity contribution in [2.75, 3.05) is 19.6 Å². The second kappa shape index (κ2) is 9.35. The van der Waals surface area contributed by atoms with E-state index in [9.17, 15) is 23.1 Å². The molecule has 1 aromatic heterocycles. The van der Waals surface area contributed by atoms with E-state index in [1.807, 2.05) is 4.90 Å². The number of aromatic hydroxyl groups is 1. The third kappa shape index (κ3) is 5.43. The summed E-state index contributed by atoms with van der Waals surface area (Å²) in [5.74, 6) is -1.15. The van der Waals surface area contributed by atoms with Crippen molar-refractivity contribution < 1.29 is 28.2 Å². The number of rotatable bonds is 5. The maximum Gasteiger partial charge on any atom is 0.416 e. The summed E-state index contributed by atoms with van der Waals surface area (Å²) in [4.78, 5) is 18.5. The molecule has 1 aromatic carbocycles. The van der Waals surface area contributed by atoms with Gasteiger partial charge in [0.05, 0.1) is 27.9 Å². The van der Waals surface area contributed by atoms with Gasteiger partial charge < -0.3 is 15.1 Å². The van der Waals surface area contributed by atoms with Crippen molar-refractivity contribution in [3.8, 4) is 16.2 Å². The topological polar surface area (TPSA) is 73.1 Å². The van der Waals surface area contributed by atoms with Crippen molar-refractivity contribution in [2.45, 2.75) is 25.9 Å². The molecule has 0 radical (unpaired) electrons. The van der Waals surface area contributed by atoms with Crippen LogP contribution in [0.1, 0.15) is 30.9 Å². The third-order valence-corrected chi connectivity index (χ3v) is 6.68. The van der Waals surface area contributed by atoms with Gasteiger partial charge in [-0.3, -0.25) is 9.79 Å². The third-order valence-electron chi connectivity index (χ3n) is 5.28. The van der Waals surface area contributed by atoms with Gasteiger partial charge in [-0.05, 0) is 37.5 Å². The fraction of sp³-hybridized carbons (Fsp3) is 0.381. The van der Waals surface area contributed by atoms with Gasteiger partial charge in [0.1, 0.15) is 5.75 Å². The van der Waals surface area contributed by atoms with Crippen LogP contribution in [0.5, 0.6) is 5.75 Å². The van der Waals surface area contributed by atoms with Crippen LogP contribution in [0.4, 0.5) is 13.2 Å². The molecule has 1 aliphatic heterocycles. The number of hydrogen-bond acceptors (Lipinski definition) is 5. The maximum absolute atomic E-state index is 12.7. The van der Waals surface area contributed by atoms with E-state index in [0.717, 1.165) is 12.1 Å². The van der Waals surface area contributed by atoms with E-state index in [1.165, 1.54) is 23.5 Å². The van der Waals surface area contributed by atoms with Crippen LogP contribution in [-0.4, -0.2) is 51.4 Å². The number of benzene rings is 1. The Morgan fingerprint density at radius 3 is 2.42 bits per heavy atom. The Morgan fingerprint density at radius 2 is 1.87 bits per heavy atom. The maximum atomic E-state index is 12.7. The van der Waals surface area contributed by atoms with E-state index in [4.69, 9.17) is 17.3 Å². The largest absolute Gasteiger partial charge is 0.506 e. The fourth-order valence-electron chi connectivity index (χ4n) is 3.37. The first-order valence-corrected chi connectivity index (χ1v) is 10.9. The zero-order valence-corrected chi connectivity index (χ0v) is 18.3. The molecule has 2 heterocycles. The highest BCUT2D eigenvalue weighted by molar-refractivity contribution is 7.80. The number of piperidine rings is 1. The van der Waals surface area contributed by atoms with E-state index in [1.54, 1.807) is 12.3 Å². The number of aliphatic carboxylic acids is 1. The minimum Gasteiger partial charge on any atom is -0.506 e. The monoisotopic (exact) mass is 470 g/mol. The number of carboxylic acid groups (broad SMARTS) is 1. The molecule has 0 unspecified atom stereocenters. The van der Waals surface area contributed by atoms with Crippen molar-refractivity contribution in [3.63, 3.8) is 0 Å². The molecular weight excluding hydrogens is 449 g/mol. The lowest BCUT2D eigenvalue weighted by atomic mass is 9.97. The van der Waals surface area contributed by atoms with Crippen molar-refractivity contribution in [1.29, 1.82) is 0 Å². The van der Waals surface area contributed by atoms with Crippen molar-refractivity contribution in [1.82, 2.24) is 4.90 Å². The number of nitrogens with zero attached hydrogens (tertiary/aromatic N) is 2. The van der Waals surface area contributed by atoms with E-state index in [0.29, 0.717) is 52.6 Å². The lowest BCUT2D eigenvalue weighted by Gasteiger charge is -2.31. The average Bonchev–Trinajstić information content (AvgIpc) is 3.12. The highest BCUT2D eigenvalue weighted by Crippen LogP contribution is 2.40. The second-order valence-electron chi connectivity index (χ2n) is 7.30. The average molecular weight is 471 g/mol. The summed E-state index contributed by atoms with van der Waals surface area (Å²) in [6, 6.07) is 4.64. The Labute approximate surface area is 186 Å². The van der Waals surface area contributed by atoms with Crippen LogP contribution in [0.3, 0.4) is 0 Å². The molecule has 2 aromatic rings. The molecule has 31 heavy (non-hydrogen) atoms. The molecule has 0 amide bonds. The Bertz CT molecular complexity index is 992. The summed E-state index contributed by atoms with van der Waals surface area (Å²) in [6.45, 7) is 3.12. The summed E-state index contributed by atoms with van der Waals surface area (Å²) >= 11 is 6.65. The molecule has 0 spiro atoms. The highest BCUT2D eigenvalue weighted by atomic mass is 32.1. The number of carboxylic acids is 1. The minimum atomic E-state index is -4.41. The number of alkyl halides is 3. The first kappa shape index (κ1) is 23.2. The Kier molecular flexibility index (Phi) is 7.00. The number of halogens is 3. The SMILES string of the molecule is CC(=NCC(=S)N1CCC(C(=O)O)CC1)c1csc(-c2ccc(C(F)(F)F)cc2)c1O. The number of carbonyl (C=O) groups is 1. The van der Waals surface area contributed by atoms with Crippen molar-refractivity contribution in [3.05, 3.63) is 40.8 Å². The predicted octanol–water partition coefficient (Wildman–Crippen LogP) is 5.07. The Balaban J connectivity index is 1.67. The van der Waals surface area contributed by atoms with E-state index < -0.39 is 17.7 Å². The fourth-order valence-corrected chi connectivity index (χ4v) is 4.63. The summed E-state index contributed by atoms with van der Waals surface area (Å²) < 4.78 is 38.2. The summed E-state index contributed by atoms with van der Waals surface area (Å²) in [7, 11) is 0. The normalized spacial score (nSPS) is 15.9. The molecule has 0 saturated carbocycles. The zero-order chi connectivity index (χ0) is 22.8. The predicted molar refractivity (Wildman–Crippen MR) is 118 cm³/mol. The number of thiocarbonyl (C=S) groups is 1. The van der Waals surface area contributed by atoms with Crippen molar-refractivity contribution in [2.24, 2.45) is 10.9 Å². The van der Waals surface area contributed by atoms with Gasteiger partial charge in [-0.1, -0.05) is 24.4 Å². The van der Waals surface area contributed by atoms with Gasteiger partial charge in [0, 0.05) is 29.7 Å². The Hall–Kier alpha value is -2.46. The summed E-state index contributed by atoms with van der Waals surface area (Å²) in [5, 5.41) is 21.4. The number of thiophene rings is 1. The van der Waals surface area contributed by atoms with E-state index in [-0.39, 0.29) is 18.2 Å². The molecule has 1 fully saturated rings. The van der Waals surface area contributed by atoms with Crippen LogP contribution in [0.2, 0.25) is 0 Å². The van der Waals surface area contributed by atoms with Gasteiger partial charge in [-0.15, -0.1) is 11.3 Å². The smallest absolute Gasteiger partial charge is 0.416 e. The van der Waals surface area contributed by atoms with Gasteiger partial charge in [0.2, 0.25) is 0 Å². The van der Waals surface area contributed by atoms with Gasteiger partial charge in [-0.2, -0.15) is 13.2 Å². The Morgan fingerprint density at radius 1 is 1.26 bits per heavy atom. The molecule has 3 rings (SSSR count). The van der Waals surface area contributed by atoms with Gasteiger partial charge in [0.15, 0.2) is 0 Å². The molecule has 2 N–H and O–H groups in total. The quantitative estimate of drug-likeness (QED) is 0.471. The zero-order valence-electron chi connectivity index (χ0n) is 16.6. The lowest BCUT2D eigenvalue weighted by Crippen LogP contribution is -2.40. The number of likely N-dealkylation sites (tertiary alicyclic amines) is 1. The van der Waals surface area contributed by atoms with Crippen LogP contribution < -0.4 is 0 Å². The van der Waals surface area contributed by atoms with E-state index >= 15 is 0 Å². The summed E-state index contributed by atoms with van der Waals surface area (Å²) in [5.41, 5.74) is 0.819. The number of aliphatic imine (C=N–C) groups is 1. The van der Waals surface area contributed by atoms with Crippen LogP contribution in [0.15, 0.2) is 34.6 Å². The molecule has 0 bridgehead atoms. The lowest BCUT2D eigenvalue weighted by molar-refractivity contribution is -0.143. The molecule has 1 saturated heterocycles. The van der Waals surface area contributed by atoms with Gasteiger partial charge >= 0.3 is 12.1 Å². The first-order chi connectivity index (χ1) is 14.6. The van der Waals surface area contributed by atoms with Crippen molar-refractivity contribution >= 4 is 40.2 Å². The first-order valence-electron chi connectivity index (χ1n) is 9.58. The summed E-state index contributed by atoms with van der Waals surface area (Å²) in [6.07, 6.45) is -3.33. The molecule has 5 nitrogen and oxygen atoms in total. The van der Waals surface area contributed by atoms with Crippen LogP contribution in [-0.2, 0) is 11.0 Å². The number of hydrogen-bond donors (Lipinski definition) is 2. The van der Waals surface area contributed by atoms with Gasteiger partial charge in [-0.25, -0.2) is 0 Å². The minimum absolute atomic E-state index is 0.0285. The van der Waals surface area contributed by atoms with Crippen LogP contribution in [0, 0.1) is 5.92 Å². The molecule has 10 heteroatoms. The van der Waals surface area contributed by atoms with E-state index in [2.05, 4.69) is 4.99 Å². The molecule has 1 aliphatic rings. The second-order valence-corrected chi connectivity index (χ2v) is 8.65. The van der Waals surface area contributed by atoms with Gasteiger partial charge in [0.25, 0.3) is 0 Å². The highest BCUT2D eigenvalue weighted by Gasteiger charge is 2.30.